The van der Waals surface area contributed by atoms with Crippen molar-refractivity contribution in [3.63, 3.8) is 0 Å². The lowest BCUT2D eigenvalue weighted by atomic mass is 10.1. The monoisotopic (exact) mass is 502 g/mol. The summed E-state index contributed by atoms with van der Waals surface area (Å²) in [5, 5.41) is 2.99. The van der Waals surface area contributed by atoms with Crippen LogP contribution in [0.3, 0.4) is 0 Å². The van der Waals surface area contributed by atoms with Gasteiger partial charge in [0.05, 0.1) is 28.0 Å². The van der Waals surface area contributed by atoms with Gasteiger partial charge in [-0.3, -0.25) is 9.59 Å². The fourth-order valence-electron chi connectivity index (χ4n) is 3.84. The lowest BCUT2D eigenvalue weighted by molar-refractivity contribution is -0.137. The molecule has 10 heteroatoms. The number of hydrogen-bond acceptors (Lipinski definition) is 4. The minimum atomic E-state index is -4.53. The standard InChI is InChI=1S/C25H22ClF3N4O2/c26-21-8-2-1-7-20(21)24(35)33-12-4-11-32(13-14-33)22-10-9-19(16-30-22)31-23(34)17-5-3-6-18(15-17)25(27,28)29/h1-3,5-10,15-16H,4,11-14H2,(H,31,34). The molecule has 1 aliphatic rings. The number of halogens is 4. The van der Waals surface area contributed by atoms with E-state index >= 15 is 0 Å². The first-order valence-electron chi connectivity index (χ1n) is 11.0. The molecule has 2 heterocycles. The van der Waals surface area contributed by atoms with Gasteiger partial charge in [0.2, 0.25) is 0 Å². The van der Waals surface area contributed by atoms with E-state index in [9.17, 15) is 22.8 Å². The van der Waals surface area contributed by atoms with Crippen LogP contribution < -0.4 is 10.2 Å². The normalized spacial score (nSPS) is 14.4. The smallest absolute Gasteiger partial charge is 0.355 e. The molecule has 0 radical (unpaired) electrons. The molecule has 0 bridgehead atoms. The molecule has 182 valence electrons. The summed E-state index contributed by atoms with van der Waals surface area (Å²) in [6.07, 6.45) is -2.33. The molecule has 1 fully saturated rings. The highest BCUT2D eigenvalue weighted by Gasteiger charge is 2.31. The summed E-state index contributed by atoms with van der Waals surface area (Å²) < 4.78 is 38.7. The Morgan fingerprint density at radius 3 is 2.46 bits per heavy atom. The molecule has 0 spiro atoms. The fourth-order valence-corrected chi connectivity index (χ4v) is 4.06. The summed E-state index contributed by atoms with van der Waals surface area (Å²) in [6.45, 7) is 2.35. The summed E-state index contributed by atoms with van der Waals surface area (Å²) in [7, 11) is 0. The van der Waals surface area contributed by atoms with Gasteiger partial charge in [-0.1, -0.05) is 29.8 Å². The minimum Gasteiger partial charge on any atom is -0.355 e. The number of carbonyl (C=O) groups excluding carboxylic acids is 2. The molecule has 1 saturated heterocycles. The maximum atomic E-state index is 12.9. The first-order valence-corrected chi connectivity index (χ1v) is 11.3. The molecule has 4 rings (SSSR count). The summed E-state index contributed by atoms with van der Waals surface area (Å²) in [6, 6.07) is 14.6. The Labute approximate surface area is 205 Å². The molecule has 6 nitrogen and oxygen atoms in total. The van der Waals surface area contributed by atoms with E-state index in [0.717, 1.165) is 18.6 Å². The van der Waals surface area contributed by atoms with Crippen LogP contribution in [0.25, 0.3) is 0 Å². The van der Waals surface area contributed by atoms with Crippen molar-refractivity contribution in [1.29, 1.82) is 0 Å². The second-order valence-corrected chi connectivity index (χ2v) is 8.46. The van der Waals surface area contributed by atoms with E-state index in [1.54, 1.807) is 41.3 Å². The van der Waals surface area contributed by atoms with Crippen LogP contribution in [0.5, 0.6) is 0 Å². The highest BCUT2D eigenvalue weighted by atomic mass is 35.5. The van der Waals surface area contributed by atoms with Crippen molar-refractivity contribution in [1.82, 2.24) is 9.88 Å². The number of amides is 2. The van der Waals surface area contributed by atoms with Crippen molar-refractivity contribution < 1.29 is 22.8 Å². The number of hydrogen-bond donors (Lipinski definition) is 1. The lowest BCUT2D eigenvalue weighted by Gasteiger charge is -2.23. The Balaban J connectivity index is 1.38. The third-order valence-corrected chi connectivity index (χ3v) is 6.00. The predicted octanol–water partition coefficient (Wildman–Crippen LogP) is 5.36. The van der Waals surface area contributed by atoms with Crippen LogP contribution in [0.15, 0.2) is 66.9 Å². The second-order valence-electron chi connectivity index (χ2n) is 8.05. The molecule has 2 amide bonds. The maximum absolute atomic E-state index is 12.9. The SMILES string of the molecule is O=C(Nc1ccc(N2CCCN(C(=O)c3ccccc3Cl)CC2)nc1)c1cccc(C(F)(F)F)c1. The number of alkyl halides is 3. The average molecular weight is 503 g/mol. The zero-order valence-electron chi connectivity index (χ0n) is 18.6. The Kier molecular flexibility index (Phi) is 7.25. The van der Waals surface area contributed by atoms with Crippen LogP contribution >= 0.6 is 11.6 Å². The summed E-state index contributed by atoms with van der Waals surface area (Å²) in [5.74, 6) is -0.0960. The molecular weight excluding hydrogens is 481 g/mol. The molecule has 2 aromatic carbocycles. The predicted molar refractivity (Wildman–Crippen MR) is 128 cm³/mol. The molecule has 0 atom stereocenters. The maximum Gasteiger partial charge on any atom is 0.416 e. The van der Waals surface area contributed by atoms with E-state index in [2.05, 4.69) is 10.3 Å². The first-order chi connectivity index (χ1) is 16.7. The summed E-state index contributed by atoms with van der Waals surface area (Å²) in [4.78, 5) is 33.5. The number of anilines is 2. The van der Waals surface area contributed by atoms with Crippen LogP contribution in [0.1, 0.15) is 32.7 Å². The Hall–Kier alpha value is -3.59. The number of nitrogens with one attached hydrogen (secondary N) is 1. The van der Waals surface area contributed by atoms with E-state index in [1.807, 2.05) is 4.90 Å². The molecule has 1 aliphatic heterocycles. The van der Waals surface area contributed by atoms with E-state index in [4.69, 9.17) is 11.6 Å². The van der Waals surface area contributed by atoms with Crippen molar-refractivity contribution in [2.24, 2.45) is 0 Å². The number of carbonyl (C=O) groups is 2. The second kappa shape index (κ2) is 10.4. The zero-order valence-corrected chi connectivity index (χ0v) is 19.3. The quantitative estimate of drug-likeness (QED) is 0.522. The van der Waals surface area contributed by atoms with Crippen molar-refractivity contribution in [2.75, 3.05) is 36.4 Å². The van der Waals surface area contributed by atoms with E-state index in [0.29, 0.717) is 48.3 Å². The van der Waals surface area contributed by atoms with E-state index in [1.165, 1.54) is 18.3 Å². The topological polar surface area (TPSA) is 65.5 Å². The lowest BCUT2D eigenvalue weighted by Crippen LogP contribution is -2.35. The molecule has 0 aliphatic carbocycles. The van der Waals surface area contributed by atoms with Gasteiger partial charge in [0.25, 0.3) is 11.8 Å². The van der Waals surface area contributed by atoms with Gasteiger partial charge in [0.1, 0.15) is 5.82 Å². The Morgan fingerprint density at radius 1 is 0.943 bits per heavy atom. The number of benzene rings is 2. The molecule has 35 heavy (non-hydrogen) atoms. The van der Waals surface area contributed by atoms with Crippen LogP contribution in [-0.2, 0) is 6.18 Å². The zero-order chi connectivity index (χ0) is 25.0. The van der Waals surface area contributed by atoms with Gasteiger partial charge in [0, 0.05) is 31.7 Å². The van der Waals surface area contributed by atoms with Gasteiger partial charge in [-0.25, -0.2) is 4.98 Å². The van der Waals surface area contributed by atoms with E-state index < -0.39 is 17.6 Å². The molecule has 0 unspecified atom stereocenters. The van der Waals surface area contributed by atoms with Gasteiger partial charge < -0.3 is 15.1 Å². The fraction of sp³-hybridized carbons (Fsp3) is 0.240. The van der Waals surface area contributed by atoms with Gasteiger partial charge >= 0.3 is 6.18 Å². The van der Waals surface area contributed by atoms with Crippen LogP contribution in [-0.4, -0.2) is 47.9 Å². The van der Waals surface area contributed by atoms with Crippen LogP contribution in [0, 0.1) is 0 Å². The molecular formula is C25H22ClF3N4O2. The van der Waals surface area contributed by atoms with Crippen molar-refractivity contribution >= 4 is 34.9 Å². The number of rotatable bonds is 4. The summed E-state index contributed by atoms with van der Waals surface area (Å²) >= 11 is 6.17. The molecule has 3 aromatic rings. The Bertz CT molecular complexity index is 1220. The van der Waals surface area contributed by atoms with Crippen LogP contribution in [0.4, 0.5) is 24.7 Å². The van der Waals surface area contributed by atoms with Gasteiger partial charge in [-0.05, 0) is 48.9 Å². The molecule has 1 aromatic heterocycles. The molecule has 1 N–H and O–H groups in total. The first kappa shape index (κ1) is 24.5. The van der Waals surface area contributed by atoms with Gasteiger partial charge in [0.15, 0.2) is 0 Å². The third kappa shape index (κ3) is 5.92. The number of pyridine rings is 1. The highest BCUT2D eigenvalue weighted by Crippen LogP contribution is 2.29. The van der Waals surface area contributed by atoms with Gasteiger partial charge in [-0.15, -0.1) is 0 Å². The van der Waals surface area contributed by atoms with E-state index in [-0.39, 0.29) is 11.5 Å². The third-order valence-electron chi connectivity index (χ3n) is 5.67. The average Bonchev–Trinajstić information content (AvgIpc) is 3.10. The largest absolute Gasteiger partial charge is 0.416 e. The number of nitrogens with zero attached hydrogens (tertiary/aromatic N) is 3. The minimum absolute atomic E-state index is 0.0975. The van der Waals surface area contributed by atoms with Crippen molar-refractivity contribution in [3.8, 4) is 0 Å². The van der Waals surface area contributed by atoms with Crippen LogP contribution in [0.2, 0.25) is 5.02 Å². The molecule has 0 saturated carbocycles. The van der Waals surface area contributed by atoms with Crippen molar-refractivity contribution in [3.05, 3.63) is 88.6 Å². The highest BCUT2D eigenvalue weighted by molar-refractivity contribution is 6.33. The van der Waals surface area contributed by atoms with Gasteiger partial charge in [-0.2, -0.15) is 13.2 Å². The Morgan fingerprint density at radius 2 is 1.74 bits per heavy atom. The van der Waals surface area contributed by atoms with Crippen molar-refractivity contribution in [2.45, 2.75) is 12.6 Å². The number of aromatic nitrogens is 1. The summed E-state index contributed by atoms with van der Waals surface area (Å²) in [5.41, 5.74) is -0.148.